The molecule has 0 spiro atoms. The number of allylic oxidation sites excluding steroid dienone is 2. The molecule has 0 bridgehead atoms. The van der Waals surface area contributed by atoms with Crippen molar-refractivity contribution in [3.8, 4) is 5.75 Å². The van der Waals surface area contributed by atoms with Gasteiger partial charge in [-0.15, -0.1) is 0 Å². The molecule has 1 aliphatic heterocycles. The zero-order valence-corrected chi connectivity index (χ0v) is 15.7. The van der Waals surface area contributed by atoms with Crippen LogP contribution in [0, 0.1) is 0 Å². The Balaban J connectivity index is 1.68. The second-order valence-corrected chi connectivity index (χ2v) is 6.94. The summed E-state index contributed by atoms with van der Waals surface area (Å²) in [7, 11) is 3.49. The fourth-order valence-corrected chi connectivity index (χ4v) is 3.19. The van der Waals surface area contributed by atoms with Crippen LogP contribution >= 0.6 is 11.6 Å². The number of nitrogens with one attached hydrogen (secondary N) is 1. The second-order valence-electron chi connectivity index (χ2n) is 6.55. The molecule has 0 saturated carbocycles. The number of rotatable bonds is 3. The Morgan fingerprint density at radius 1 is 1.22 bits per heavy atom. The number of aromatic nitrogens is 1. The maximum absolute atomic E-state index is 12.4. The molecule has 0 fully saturated rings. The van der Waals surface area contributed by atoms with Crippen molar-refractivity contribution < 1.29 is 9.53 Å². The molecule has 2 heterocycles. The summed E-state index contributed by atoms with van der Waals surface area (Å²) in [6, 6.07) is 9.50. The van der Waals surface area contributed by atoms with Crippen LogP contribution in [0.15, 0.2) is 66.4 Å². The van der Waals surface area contributed by atoms with E-state index in [1.54, 1.807) is 31.3 Å². The molecule has 1 N–H and O–H groups in total. The van der Waals surface area contributed by atoms with Gasteiger partial charge in [0.05, 0.1) is 11.9 Å². The minimum atomic E-state index is -0.198. The zero-order valence-electron chi connectivity index (χ0n) is 14.9. The fourth-order valence-electron chi connectivity index (χ4n) is 3.08. The van der Waals surface area contributed by atoms with Gasteiger partial charge in [0.2, 0.25) is 0 Å². The Labute approximate surface area is 162 Å². The van der Waals surface area contributed by atoms with E-state index in [4.69, 9.17) is 16.3 Å². The first-order valence-corrected chi connectivity index (χ1v) is 8.90. The summed E-state index contributed by atoms with van der Waals surface area (Å²) in [4.78, 5) is 18.0. The maximum Gasteiger partial charge on any atom is 0.253 e. The minimum Gasteiger partial charge on any atom is -0.481 e. The van der Waals surface area contributed by atoms with E-state index in [0.717, 1.165) is 28.3 Å². The Bertz CT molecular complexity index is 991. The average Bonchev–Trinajstić information content (AvgIpc) is 2.85. The van der Waals surface area contributed by atoms with Gasteiger partial charge in [0.1, 0.15) is 17.0 Å². The molecular formula is C21H18ClN3O2. The van der Waals surface area contributed by atoms with Gasteiger partial charge < -0.3 is 15.0 Å². The molecule has 6 heteroatoms. The quantitative estimate of drug-likeness (QED) is 0.812. The van der Waals surface area contributed by atoms with Crippen molar-refractivity contribution in [2.75, 3.05) is 19.4 Å². The lowest BCUT2D eigenvalue weighted by Crippen LogP contribution is -2.22. The molecule has 2 aliphatic rings. The monoisotopic (exact) mass is 379 g/mol. The van der Waals surface area contributed by atoms with Gasteiger partial charge in [0.25, 0.3) is 5.91 Å². The van der Waals surface area contributed by atoms with E-state index in [-0.39, 0.29) is 12.0 Å². The van der Waals surface area contributed by atoms with Gasteiger partial charge in [-0.1, -0.05) is 17.7 Å². The van der Waals surface area contributed by atoms with Gasteiger partial charge >= 0.3 is 0 Å². The summed E-state index contributed by atoms with van der Waals surface area (Å²) >= 11 is 5.84. The number of carbonyl (C=O) groups excluding carboxylic acids is 1. The fraction of sp³-hybridized carbons (Fsp3) is 0.143. The van der Waals surface area contributed by atoms with Crippen molar-refractivity contribution in [1.82, 2.24) is 9.88 Å². The molecule has 1 amide bonds. The van der Waals surface area contributed by atoms with Crippen molar-refractivity contribution in [3.05, 3.63) is 77.1 Å². The third kappa shape index (κ3) is 3.46. The molecule has 27 heavy (non-hydrogen) atoms. The van der Waals surface area contributed by atoms with Gasteiger partial charge in [0.15, 0.2) is 0 Å². The van der Waals surface area contributed by atoms with E-state index in [1.807, 2.05) is 48.6 Å². The van der Waals surface area contributed by atoms with Crippen LogP contribution in [0.3, 0.4) is 0 Å². The molecule has 1 aromatic heterocycles. The van der Waals surface area contributed by atoms with Gasteiger partial charge in [0, 0.05) is 36.5 Å². The number of fused-ring (bicyclic) bond motifs is 3. The first-order chi connectivity index (χ1) is 13.0. The van der Waals surface area contributed by atoms with Gasteiger partial charge in [-0.25, -0.2) is 4.98 Å². The third-order valence-corrected chi connectivity index (χ3v) is 4.62. The van der Waals surface area contributed by atoms with Crippen LogP contribution in [-0.2, 0) is 4.79 Å². The Kier molecular flexibility index (Phi) is 4.46. The molecule has 1 aromatic carbocycles. The number of ether oxygens (including phenoxy) is 1. The molecule has 0 saturated heterocycles. The normalized spacial score (nSPS) is 17.1. The molecule has 0 radical (unpaired) electrons. The highest BCUT2D eigenvalue weighted by Crippen LogP contribution is 2.41. The summed E-state index contributed by atoms with van der Waals surface area (Å²) in [6.07, 6.45) is 9.04. The van der Waals surface area contributed by atoms with Crippen LogP contribution in [-0.4, -0.2) is 36.0 Å². The van der Waals surface area contributed by atoms with Crippen LogP contribution in [0.1, 0.15) is 5.56 Å². The molecule has 5 nitrogen and oxygen atoms in total. The Morgan fingerprint density at radius 3 is 2.78 bits per heavy atom. The summed E-state index contributed by atoms with van der Waals surface area (Å²) < 4.78 is 6.03. The van der Waals surface area contributed by atoms with Crippen molar-refractivity contribution in [2.45, 2.75) is 6.10 Å². The number of likely N-dealkylation sites (N-methyl/N-ethyl adjacent to an activating group) is 1. The SMILES string of the molecule is CN(C)C(=O)C1=CC=CC2Oc3ccc(Nc4ccc(Cl)nc4)cc3C2=C1. The van der Waals surface area contributed by atoms with E-state index in [1.165, 1.54) is 0 Å². The van der Waals surface area contributed by atoms with E-state index in [2.05, 4.69) is 10.3 Å². The van der Waals surface area contributed by atoms with Gasteiger partial charge in [-0.05, 0) is 48.6 Å². The van der Waals surface area contributed by atoms with Crippen LogP contribution < -0.4 is 10.1 Å². The molecule has 1 atom stereocenters. The molecular weight excluding hydrogens is 362 g/mol. The number of pyridine rings is 1. The summed E-state index contributed by atoms with van der Waals surface area (Å²) in [5.74, 6) is 0.761. The molecule has 4 rings (SSSR count). The molecule has 1 unspecified atom stereocenters. The molecule has 1 aliphatic carbocycles. The predicted molar refractivity (Wildman–Crippen MR) is 107 cm³/mol. The van der Waals surface area contributed by atoms with Crippen molar-refractivity contribution >= 4 is 34.5 Å². The summed E-state index contributed by atoms with van der Waals surface area (Å²) in [5.41, 5.74) is 4.31. The lowest BCUT2D eigenvalue weighted by Gasteiger charge is -2.11. The first-order valence-electron chi connectivity index (χ1n) is 8.52. The number of hydrogen-bond acceptors (Lipinski definition) is 4. The number of carbonyl (C=O) groups is 1. The van der Waals surface area contributed by atoms with Crippen molar-refractivity contribution in [1.29, 1.82) is 0 Å². The van der Waals surface area contributed by atoms with Crippen LogP contribution in [0.2, 0.25) is 5.15 Å². The first kappa shape index (κ1) is 17.4. The number of halogens is 1. The smallest absolute Gasteiger partial charge is 0.253 e. The van der Waals surface area contributed by atoms with E-state index in [9.17, 15) is 4.79 Å². The number of hydrogen-bond donors (Lipinski definition) is 1. The average molecular weight is 380 g/mol. The second kappa shape index (κ2) is 6.93. The highest BCUT2D eigenvalue weighted by atomic mass is 35.5. The van der Waals surface area contributed by atoms with Crippen molar-refractivity contribution in [3.63, 3.8) is 0 Å². The Hall–Kier alpha value is -3.05. The Morgan fingerprint density at radius 2 is 2.04 bits per heavy atom. The van der Waals surface area contributed by atoms with E-state index in [0.29, 0.717) is 10.7 Å². The molecule has 2 aromatic rings. The third-order valence-electron chi connectivity index (χ3n) is 4.39. The standard InChI is InChI=1S/C21H18ClN3O2/c1-25(2)21(26)13-4-3-5-18-16(10-13)17-11-14(6-8-19(17)27-18)24-15-7-9-20(22)23-12-15/h3-12,18,24H,1-2H3. The highest BCUT2D eigenvalue weighted by Gasteiger charge is 2.29. The van der Waals surface area contributed by atoms with Crippen LogP contribution in [0.4, 0.5) is 11.4 Å². The lowest BCUT2D eigenvalue weighted by molar-refractivity contribution is -0.124. The zero-order chi connectivity index (χ0) is 19.0. The number of nitrogens with zero attached hydrogens (tertiary/aromatic N) is 2. The lowest BCUT2D eigenvalue weighted by atomic mass is 10.00. The largest absolute Gasteiger partial charge is 0.481 e. The highest BCUT2D eigenvalue weighted by molar-refractivity contribution is 6.29. The van der Waals surface area contributed by atoms with Crippen molar-refractivity contribution in [2.24, 2.45) is 0 Å². The summed E-state index contributed by atoms with van der Waals surface area (Å²) in [5, 5.41) is 3.76. The van der Waals surface area contributed by atoms with Crippen LogP contribution in [0.5, 0.6) is 5.75 Å². The van der Waals surface area contributed by atoms with Gasteiger partial charge in [-0.2, -0.15) is 0 Å². The number of anilines is 2. The number of amides is 1. The summed E-state index contributed by atoms with van der Waals surface area (Å²) in [6.45, 7) is 0. The van der Waals surface area contributed by atoms with Gasteiger partial charge in [-0.3, -0.25) is 4.79 Å². The molecule has 136 valence electrons. The topological polar surface area (TPSA) is 54.5 Å². The van der Waals surface area contributed by atoms with E-state index < -0.39 is 0 Å². The van der Waals surface area contributed by atoms with E-state index >= 15 is 0 Å². The minimum absolute atomic E-state index is 0.0391. The van der Waals surface area contributed by atoms with Crippen LogP contribution in [0.25, 0.3) is 5.57 Å². The maximum atomic E-state index is 12.4. The number of benzene rings is 1. The predicted octanol–water partition coefficient (Wildman–Crippen LogP) is 4.21.